The minimum Gasteiger partial charge on any atom is -0.330 e. The molecule has 0 radical (unpaired) electrons. The Labute approximate surface area is 143 Å². The van der Waals surface area contributed by atoms with Crippen LogP contribution in [0.25, 0.3) is 10.6 Å². The Kier molecular flexibility index (Phi) is 4.36. The summed E-state index contributed by atoms with van der Waals surface area (Å²) in [5.41, 5.74) is -0.138. The highest BCUT2D eigenvalue weighted by Crippen LogP contribution is 2.33. The maximum atomic E-state index is 12.7. The third kappa shape index (κ3) is 3.91. The Hall–Kier alpha value is -3.01. The summed E-state index contributed by atoms with van der Waals surface area (Å²) >= 11 is 1.08. The van der Waals surface area contributed by atoms with Crippen molar-refractivity contribution >= 4 is 27.8 Å². The van der Waals surface area contributed by atoms with Crippen molar-refractivity contribution in [2.75, 3.05) is 5.32 Å². The topological polar surface area (TPSA) is 81.0 Å². The van der Waals surface area contributed by atoms with Crippen LogP contribution in [-0.2, 0) is 6.18 Å². The van der Waals surface area contributed by atoms with Gasteiger partial charge >= 0.3 is 6.18 Å². The Morgan fingerprint density at radius 1 is 1.08 bits per heavy atom. The van der Waals surface area contributed by atoms with Gasteiger partial charge in [0.25, 0.3) is 5.69 Å². The third-order valence-electron chi connectivity index (χ3n) is 3.17. The fourth-order valence-corrected chi connectivity index (χ4v) is 2.80. The van der Waals surface area contributed by atoms with E-state index in [2.05, 4.69) is 15.5 Å². The number of anilines is 2. The molecule has 0 aliphatic carbocycles. The summed E-state index contributed by atoms with van der Waals surface area (Å²) in [4.78, 5) is 10.3. The molecule has 1 heterocycles. The van der Waals surface area contributed by atoms with Gasteiger partial charge in [0.15, 0.2) is 0 Å². The summed E-state index contributed by atoms with van der Waals surface area (Å²) in [5, 5.41) is 22.0. The maximum Gasteiger partial charge on any atom is 0.416 e. The summed E-state index contributed by atoms with van der Waals surface area (Å²) in [6.07, 6.45) is -4.44. The van der Waals surface area contributed by atoms with Gasteiger partial charge in [-0.1, -0.05) is 29.5 Å². The highest BCUT2D eigenvalue weighted by atomic mass is 32.1. The summed E-state index contributed by atoms with van der Waals surface area (Å²) < 4.78 is 38.2. The third-order valence-corrected chi connectivity index (χ3v) is 4.06. The minimum absolute atomic E-state index is 0.0833. The molecule has 25 heavy (non-hydrogen) atoms. The van der Waals surface area contributed by atoms with Crippen LogP contribution in [0.1, 0.15) is 5.56 Å². The number of nitrogens with zero attached hydrogens (tertiary/aromatic N) is 3. The smallest absolute Gasteiger partial charge is 0.330 e. The van der Waals surface area contributed by atoms with Gasteiger partial charge in [0.05, 0.1) is 10.5 Å². The normalized spacial score (nSPS) is 11.3. The lowest BCUT2D eigenvalue weighted by Crippen LogP contribution is -2.05. The molecule has 2 aromatic carbocycles. The van der Waals surface area contributed by atoms with Crippen LogP contribution in [0.2, 0.25) is 0 Å². The van der Waals surface area contributed by atoms with E-state index in [4.69, 9.17) is 0 Å². The number of non-ortho nitro benzene ring substituents is 1. The number of halogens is 3. The van der Waals surface area contributed by atoms with Crippen LogP contribution in [-0.4, -0.2) is 15.1 Å². The van der Waals surface area contributed by atoms with E-state index in [9.17, 15) is 23.3 Å². The number of nitro groups is 1. The van der Waals surface area contributed by atoms with Crippen molar-refractivity contribution in [2.45, 2.75) is 6.18 Å². The molecule has 6 nitrogen and oxygen atoms in total. The van der Waals surface area contributed by atoms with E-state index in [0.717, 1.165) is 23.5 Å². The van der Waals surface area contributed by atoms with Crippen LogP contribution in [0.3, 0.4) is 0 Å². The molecule has 10 heteroatoms. The van der Waals surface area contributed by atoms with Gasteiger partial charge in [-0.15, -0.1) is 10.2 Å². The van der Waals surface area contributed by atoms with Crippen molar-refractivity contribution in [1.82, 2.24) is 10.2 Å². The predicted octanol–water partition coefficient (Wildman–Crippen LogP) is 4.88. The highest BCUT2D eigenvalue weighted by Gasteiger charge is 2.30. The number of hydrogen-bond acceptors (Lipinski definition) is 6. The average molecular weight is 366 g/mol. The molecule has 0 amide bonds. The molecule has 0 atom stereocenters. The first kappa shape index (κ1) is 16.8. The Bertz CT molecular complexity index is 927. The lowest BCUT2D eigenvalue weighted by atomic mass is 10.2. The number of nitrogens with one attached hydrogen (secondary N) is 1. The zero-order chi connectivity index (χ0) is 18.0. The number of benzene rings is 2. The molecule has 0 saturated carbocycles. The van der Waals surface area contributed by atoms with Crippen LogP contribution < -0.4 is 5.32 Å². The number of nitro benzene ring substituents is 1. The SMILES string of the molecule is O=[N+]([O-])c1cccc(-c2nnc(Nc3cccc(C(F)(F)F)c3)s2)c1. The maximum absolute atomic E-state index is 12.7. The first-order chi connectivity index (χ1) is 11.8. The molecule has 0 aliphatic heterocycles. The summed E-state index contributed by atoms with van der Waals surface area (Å²) in [6, 6.07) is 10.6. The second kappa shape index (κ2) is 6.48. The molecule has 3 aromatic rings. The summed E-state index contributed by atoms with van der Waals surface area (Å²) in [7, 11) is 0. The largest absolute Gasteiger partial charge is 0.416 e. The van der Waals surface area contributed by atoms with Gasteiger partial charge in [0.2, 0.25) is 5.13 Å². The van der Waals surface area contributed by atoms with Crippen molar-refractivity contribution in [2.24, 2.45) is 0 Å². The van der Waals surface area contributed by atoms with Crippen molar-refractivity contribution in [1.29, 1.82) is 0 Å². The lowest BCUT2D eigenvalue weighted by Gasteiger charge is -2.08. The van der Waals surface area contributed by atoms with Crippen molar-refractivity contribution in [3.63, 3.8) is 0 Å². The van der Waals surface area contributed by atoms with E-state index in [1.807, 2.05) is 0 Å². The van der Waals surface area contributed by atoms with E-state index in [-0.39, 0.29) is 16.5 Å². The second-order valence-electron chi connectivity index (χ2n) is 4.92. The van der Waals surface area contributed by atoms with Gasteiger partial charge in [-0.05, 0) is 18.2 Å². The van der Waals surface area contributed by atoms with E-state index in [0.29, 0.717) is 10.6 Å². The van der Waals surface area contributed by atoms with E-state index in [1.165, 1.54) is 30.3 Å². The molecule has 0 bridgehead atoms. The van der Waals surface area contributed by atoms with Gasteiger partial charge in [-0.25, -0.2) is 0 Å². The number of aromatic nitrogens is 2. The van der Waals surface area contributed by atoms with Crippen LogP contribution in [0.5, 0.6) is 0 Å². The fourth-order valence-electron chi connectivity index (χ4n) is 2.04. The molecule has 0 unspecified atom stereocenters. The molecule has 0 aliphatic rings. The second-order valence-corrected chi connectivity index (χ2v) is 5.90. The zero-order valence-electron chi connectivity index (χ0n) is 12.3. The fraction of sp³-hybridized carbons (Fsp3) is 0.0667. The zero-order valence-corrected chi connectivity index (χ0v) is 13.1. The molecule has 0 spiro atoms. The van der Waals surface area contributed by atoms with E-state index in [1.54, 1.807) is 6.07 Å². The summed E-state index contributed by atoms with van der Waals surface area (Å²) in [5.74, 6) is 0. The molecular formula is C15H9F3N4O2S. The van der Waals surface area contributed by atoms with Crippen LogP contribution >= 0.6 is 11.3 Å². The molecule has 0 saturated heterocycles. The Balaban J connectivity index is 1.83. The quantitative estimate of drug-likeness (QED) is 0.526. The Morgan fingerprint density at radius 3 is 2.56 bits per heavy atom. The monoisotopic (exact) mass is 366 g/mol. The van der Waals surface area contributed by atoms with Crippen LogP contribution in [0, 0.1) is 10.1 Å². The molecule has 3 rings (SSSR count). The molecule has 128 valence electrons. The average Bonchev–Trinajstić information content (AvgIpc) is 3.03. The van der Waals surface area contributed by atoms with Crippen molar-refractivity contribution < 1.29 is 18.1 Å². The van der Waals surface area contributed by atoms with E-state index >= 15 is 0 Å². The highest BCUT2D eigenvalue weighted by molar-refractivity contribution is 7.18. The van der Waals surface area contributed by atoms with Gasteiger partial charge in [-0.2, -0.15) is 13.2 Å². The molecule has 1 aromatic heterocycles. The van der Waals surface area contributed by atoms with Gasteiger partial charge in [-0.3, -0.25) is 10.1 Å². The molecule has 0 fully saturated rings. The first-order valence-electron chi connectivity index (χ1n) is 6.85. The molecular weight excluding hydrogens is 357 g/mol. The number of rotatable bonds is 4. The van der Waals surface area contributed by atoms with E-state index < -0.39 is 16.7 Å². The number of alkyl halides is 3. The lowest BCUT2D eigenvalue weighted by molar-refractivity contribution is -0.384. The van der Waals surface area contributed by atoms with Crippen molar-refractivity contribution in [3.8, 4) is 10.6 Å². The van der Waals surface area contributed by atoms with Gasteiger partial charge in [0, 0.05) is 23.4 Å². The van der Waals surface area contributed by atoms with Gasteiger partial charge in [0.1, 0.15) is 5.01 Å². The first-order valence-corrected chi connectivity index (χ1v) is 7.67. The van der Waals surface area contributed by atoms with Crippen LogP contribution in [0.15, 0.2) is 48.5 Å². The minimum atomic E-state index is -4.44. The summed E-state index contributed by atoms with van der Waals surface area (Å²) in [6.45, 7) is 0. The van der Waals surface area contributed by atoms with Crippen LogP contribution in [0.4, 0.5) is 29.7 Å². The number of hydrogen-bond donors (Lipinski definition) is 1. The molecule has 1 N–H and O–H groups in total. The Morgan fingerprint density at radius 2 is 1.84 bits per heavy atom. The predicted molar refractivity (Wildman–Crippen MR) is 86.7 cm³/mol. The standard InChI is InChI=1S/C15H9F3N4O2S/c16-15(17,18)10-4-2-5-11(8-10)19-14-21-20-13(25-14)9-3-1-6-12(7-9)22(23)24/h1-8H,(H,19,21). The van der Waals surface area contributed by atoms with Gasteiger partial charge < -0.3 is 5.32 Å². The van der Waals surface area contributed by atoms with Crippen molar-refractivity contribution in [3.05, 3.63) is 64.2 Å².